The van der Waals surface area contributed by atoms with Gasteiger partial charge in [0, 0.05) is 30.9 Å². The summed E-state index contributed by atoms with van der Waals surface area (Å²) in [6.45, 7) is 2.65. The summed E-state index contributed by atoms with van der Waals surface area (Å²) in [5.41, 5.74) is 1.87. The zero-order chi connectivity index (χ0) is 13.8. The molecule has 1 atom stereocenters. The van der Waals surface area contributed by atoms with Gasteiger partial charge in [-0.1, -0.05) is 30.3 Å². The van der Waals surface area contributed by atoms with E-state index in [1.165, 1.54) is 0 Å². The summed E-state index contributed by atoms with van der Waals surface area (Å²) in [6.07, 6.45) is 3.80. The van der Waals surface area contributed by atoms with Gasteiger partial charge < -0.3 is 0 Å². The third kappa shape index (κ3) is 3.29. The molecule has 0 saturated heterocycles. The number of rotatable bonds is 5. The third-order valence-corrected chi connectivity index (χ3v) is 3.29. The van der Waals surface area contributed by atoms with Crippen LogP contribution in [0, 0.1) is 0 Å². The summed E-state index contributed by atoms with van der Waals surface area (Å²) < 4.78 is 1.77. The molecule has 0 saturated carbocycles. The molecular weight excluding hydrogens is 238 g/mol. The number of ketones is 1. The summed E-state index contributed by atoms with van der Waals surface area (Å²) in [5.74, 6) is 0.145. The minimum Gasteiger partial charge on any atom is -0.292 e. The molecule has 4 nitrogen and oxygen atoms in total. The Balaban J connectivity index is 2.03. The number of likely N-dealkylation sites (N-methyl/N-ethyl adjacent to an activating group) is 1. The van der Waals surface area contributed by atoms with Crippen LogP contribution in [0.3, 0.4) is 0 Å². The van der Waals surface area contributed by atoms with Gasteiger partial charge >= 0.3 is 0 Å². The predicted molar refractivity (Wildman–Crippen MR) is 74.9 cm³/mol. The van der Waals surface area contributed by atoms with Crippen molar-refractivity contribution in [2.75, 3.05) is 7.05 Å². The quantitative estimate of drug-likeness (QED) is 0.770. The topological polar surface area (TPSA) is 38.1 Å². The molecule has 0 aliphatic carbocycles. The highest BCUT2D eigenvalue weighted by Gasteiger charge is 2.19. The van der Waals surface area contributed by atoms with Crippen LogP contribution >= 0.6 is 0 Å². The van der Waals surface area contributed by atoms with Crippen molar-refractivity contribution < 1.29 is 4.79 Å². The molecule has 2 aromatic rings. The molecule has 1 aromatic carbocycles. The molecule has 2 rings (SSSR count). The van der Waals surface area contributed by atoms with Gasteiger partial charge in [-0.25, -0.2) is 0 Å². The smallest absolute Gasteiger partial charge is 0.179 e. The molecular formula is C15H19N3O. The van der Waals surface area contributed by atoms with Crippen molar-refractivity contribution >= 4 is 5.78 Å². The Morgan fingerprint density at radius 2 is 2.05 bits per heavy atom. The second-order valence-electron chi connectivity index (χ2n) is 4.84. The van der Waals surface area contributed by atoms with Crippen molar-refractivity contribution in [3.05, 3.63) is 53.9 Å². The first-order valence-electron chi connectivity index (χ1n) is 6.35. The van der Waals surface area contributed by atoms with Crippen molar-refractivity contribution in [3.8, 4) is 0 Å². The minimum absolute atomic E-state index is 0.145. The van der Waals surface area contributed by atoms with E-state index in [0.29, 0.717) is 6.54 Å². The van der Waals surface area contributed by atoms with E-state index in [1.807, 2.05) is 68.6 Å². The van der Waals surface area contributed by atoms with Crippen LogP contribution in [0.4, 0.5) is 0 Å². The fourth-order valence-corrected chi connectivity index (χ4v) is 2.02. The Hall–Kier alpha value is -1.94. The average molecular weight is 257 g/mol. The molecule has 0 aliphatic heterocycles. The van der Waals surface area contributed by atoms with E-state index < -0.39 is 0 Å². The molecule has 0 aliphatic rings. The van der Waals surface area contributed by atoms with Gasteiger partial charge in [0.25, 0.3) is 0 Å². The number of hydrogen-bond acceptors (Lipinski definition) is 3. The van der Waals surface area contributed by atoms with Crippen LogP contribution < -0.4 is 0 Å². The third-order valence-electron chi connectivity index (χ3n) is 3.29. The molecule has 100 valence electrons. The van der Waals surface area contributed by atoms with Crippen LogP contribution in [-0.4, -0.2) is 33.6 Å². The number of hydrogen-bond donors (Lipinski definition) is 0. The van der Waals surface area contributed by atoms with Gasteiger partial charge in [0.1, 0.15) is 0 Å². The second kappa shape index (κ2) is 5.80. The van der Waals surface area contributed by atoms with Crippen LogP contribution in [0.1, 0.15) is 22.8 Å². The molecule has 0 spiro atoms. The highest BCUT2D eigenvalue weighted by atomic mass is 16.1. The van der Waals surface area contributed by atoms with Gasteiger partial charge in [0.2, 0.25) is 0 Å². The first-order valence-corrected chi connectivity index (χ1v) is 6.35. The van der Waals surface area contributed by atoms with Crippen LogP contribution in [0.5, 0.6) is 0 Å². The summed E-state index contributed by atoms with van der Waals surface area (Å²) in [7, 11) is 3.85. The summed E-state index contributed by atoms with van der Waals surface area (Å²) >= 11 is 0. The number of carbonyl (C=O) groups excluding carboxylic acids is 1. The normalized spacial score (nSPS) is 12.6. The lowest BCUT2D eigenvalue weighted by Crippen LogP contribution is -2.35. The molecule has 1 unspecified atom stereocenters. The largest absolute Gasteiger partial charge is 0.292 e. The van der Waals surface area contributed by atoms with Crippen LogP contribution in [0.15, 0.2) is 42.7 Å². The van der Waals surface area contributed by atoms with E-state index in [4.69, 9.17) is 0 Å². The Morgan fingerprint density at radius 3 is 2.63 bits per heavy atom. The molecule has 4 heteroatoms. The number of carbonyl (C=O) groups is 1. The maximum atomic E-state index is 12.3. The van der Waals surface area contributed by atoms with E-state index in [1.54, 1.807) is 4.68 Å². The Bertz CT molecular complexity index is 548. The number of aromatic nitrogens is 2. The number of aryl methyl sites for hydroxylation is 1. The van der Waals surface area contributed by atoms with Crippen molar-refractivity contribution in [3.63, 3.8) is 0 Å². The van der Waals surface area contributed by atoms with Gasteiger partial charge in [-0.05, 0) is 14.0 Å². The fourth-order valence-electron chi connectivity index (χ4n) is 2.02. The van der Waals surface area contributed by atoms with Gasteiger partial charge in [-0.3, -0.25) is 14.4 Å². The number of nitrogens with zero attached hydrogens (tertiary/aromatic N) is 3. The Kier molecular flexibility index (Phi) is 4.12. The van der Waals surface area contributed by atoms with Crippen molar-refractivity contribution in [1.29, 1.82) is 0 Å². The zero-order valence-corrected chi connectivity index (χ0v) is 11.6. The molecule has 1 heterocycles. The predicted octanol–water partition coefficient (Wildman–Crippen LogP) is 2.12. The zero-order valence-electron chi connectivity index (χ0n) is 11.6. The lowest BCUT2D eigenvalue weighted by molar-refractivity contribution is 0.0862. The van der Waals surface area contributed by atoms with Crippen molar-refractivity contribution in [2.24, 2.45) is 7.05 Å². The first kappa shape index (κ1) is 13.5. The highest BCUT2D eigenvalue weighted by molar-refractivity contribution is 5.99. The molecule has 0 amide bonds. The van der Waals surface area contributed by atoms with E-state index >= 15 is 0 Å². The maximum absolute atomic E-state index is 12.3. The van der Waals surface area contributed by atoms with Gasteiger partial charge in [0.05, 0.1) is 12.2 Å². The van der Waals surface area contributed by atoms with Crippen molar-refractivity contribution in [2.45, 2.75) is 19.5 Å². The monoisotopic (exact) mass is 257 g/mol. The van der Waals surface area contributed by atoms with E-state index in [-0.39, 0.29) is 11.8 Å². The standard InChI is InChI=1S/C15H19N3O/c1-12(15(19)14-7-5-4-6-8-14)17(2)10-13-9-16-18(3)11-13/h4-9,11-12H,10H2,1-3H3. The van der Waals surface area contributed by atoms with E-state index in [9.17, 15) is 4.79 Å². The summed E-state index contributed by atoms with van der Waals surface area (Å²) in [6, 6.07) is 9.26. The maximum Gasteiger partial charge on any atom is 0.179 e. The molecule has 0 fully saturated rings. The van der Waals surface area contributed by atoms with E-state index in [2.05, 4.69) is 5.10 Å². The molecule has 0 radical (unpaired) electrons. The van der Waals surface area contributed by atoms with Gasteiger partial charge in [0.15, 0.2) is 5.78 Å². The molecule has 1 aromatic heterocycles. The fraction of sp³-hybridized carbons (Fsp3) is 0.333. The highest BCUT2D eigenvalue weighted by Crippen LogP contribution is 2.10. The average Bonchev–Trinajstić information content (AvgIpc) is 2.83. The van der Waals surface area contributed by atoms with Gasteiger partial charge in [-0.15, -0.1) is 0 Å². The lowest BCUT2D eigenvalue weighted by Gasteiger charge is -2.22. The SMILES string of the molecule is CC(C(=O)c1ccccc1)N(C)Cc1cnn(C)c1. The van der Waals surface area contributed by atoms with Crippen LogP contribution in [0.2, 0.25) is 0 Å². The molecule has 0 bridgehead atoms. The molecule has 0 N–H and O–H groups in total. The number of benzene rings is 1. The van der Waals surface area contributed by atoms with Gasteiger partial charge in [-0.2, -0.15) is 5.10 Å². The summed E-state index contributed by atoms with van der Waals surface area (Å²) in [5, 5.41) is 4.14. The summed E-state index contributed by atoms with van der Waals surface area (Å²) in [4.78, 5) is 14.4. The lowest BCUT2D eigenvalue weighted by atomic mass is 10.0. The molecule has 19 heavy (non-hydrogen) atoms. The second-order valence-corrected chi connectivity index (χ2v) is 4.84. The van der Waals surface area contributed by atoms with Crippen LogP contribution in [0.25, 0.3) is 0 Å². The van der Waals surface area contributed by atoms with E-state index in [0.717, 1.165) is 11.1 Å². The minimum atomic E-state index is -0.150. The Morgan fingerprint density at radius 1 is 1.37 bits per heavy atom. The number of Topliss-reactive ketones (excluding diaryl/α,β-unsaturated/α-hetero) is 1. The van der Waals surface area contributed by atoms with Crippen LogP contribution in [-0.2, 0) is 13.6 Å². The Labute approximate surface area is 113 Å². The van der Waals surface area contributed by atoms with Crippen molar-refractivity contribution in [1.82, 2.24) is 14.7 Å². The first-order chi connectivity index (χ1) is 9.08.